The first-order valence-corrected chi connectivity index (χ1v) is 9.01. The number of hydrogen-bond donors (Lipinski definition) is 5. The first-order chi connectivity index (χ1) is 11.6. The largest absolute Gasteiger partial charge is 0.469 e. The molecule has 0 amide bonds. The summed E-state index contributed by atoms with van der Waals surface area (Å²) in [6.07, 6.45) is -2.30. The van der Waals surface area contributed by atoms with Crippen LogP contribution in [-0.2, 0) is 13.8 Å². The van der Waals surface area contributed by atoms with Crippen LogP contribution in [0.3, 0.4) is 0 Å². The van der Waals surface area contributed by atoms with Crippen molar-refractivity contribution < 1.29 is 28.7 Å². The first-order valence-electron chi connectivity index (χ1n) is 7.47. The number of anilines is 1. The van der Waals surface area contributed by atoms with Crippen LogP contribution in [0, 0.1) is 6.92 Å². The Morgan fingerprint density at radius 1 is 1.48 bits per heavy atom. The van der Waals surface area contributed by atoms with Crippen molar-refractivity contribution in [1.82, 2.24) is 9.97 Å². The SMILES string of the molecule is Cc1cc([C@H]2C[C@H](O)[C@@H](COP(=O)(O)O)O2)c2[nH]c(=O)nc(N)c2c1. The van der Waals surface area contributed by atoms with Crippen molar-refractivity contribution in [3.05, 3.63) is 33.7 Å². The van der Waals surface area contributed by atoms with Crippen molar-refractivity contribution in [3.63, 3.8) is 0 Å². The molecule has 0 spiro atoms. The lowest BCUT2D eigenvalue weighted by Crippen LogP contribution is -2.25. The van der Waals surface area contributed by atoms with E-state index in [1.54, 1.807) is 12.1 Å². The van der Waals surface area contributed by atoms with Crippen LogP contribution in [0.4, 0.5) is 5.82 Å². The molecular formula is C14H18N3O7P. The van der Waals surface area contributed by atoms with E-state index in [4.69, 9.17) is 20.3 Å². The monoisotopic (exact) mass is 371 g/mol. The molecular weight excluding hydrogens is 353 g/mol. The number of nitrogens with one attached hydrogen (secondary N) is 1. The summed E-state index contributed by atoms with van der Waals surface area (Å²) in [5, 5.41) is 10.7. The highest BCUT2D eigenvalue weighted by Gasteiger charge is 2.37. The number of aliphatic hydroxyl groups is 1. The maximum Gasteiger partial charge on any atom is 0.469 e. The summed E-state index contributed by atoms with van der Waals surface area (Å²) in [6, 6.07) is 3.57. The van der Waals surface area contributed by atoms with E-state index < -0.39 is 38.4 Å². The molecule has 6 N–H and O–H groups in total. The van der Waals surface area contributed by atoms with Gasteiger partial charge in [0.15, 0.2) is 0 Å². The number of benzene rings is 1. The van der Waals surface area contributed by atoms with Crippen LogP contribution in [0.5, 0.6) is 0 Å². The molecule has 1 saturated heterocycles. The van der Waals surface area contributed by atoms with Gasteiger partial charge in [0, 0.05) is 17.4 Å². The van der Waals surface area contributed by atoms with Gasteiger partial charge in [0.2, 0.25) is 0 Å². The van der Waals surface area contributed by atoms with Crippen molar-refractivity contribution in [2.75, 3.05) is 12.3 Å². The summed E-state index contributed by atoms with van der Waals surface area (Å²) in [5.74, 6) is 0.0867. The fourth-order valence-corrected chi connectivity index (χ4v) is 3.31. The molecule has 25 heavy (non-hydrogen) atoms. The number of aryl methyl sites for hydroxylation is 1. The summed E-state index contributed by atoms with van der Waals surface area (Å²) in [6.45, 7) is 1.39. The number of phosphoric ester groups is 1. The second-order valence-electron chi connectivity index (χ2n) is 5.96. The number of phosphoric acid groups is 1. The molecule has 3 atom stereocenters. The van der Waals surface area contributed by atoms with Gasteiger partial charge in [-0.1, -0.05) is 6.07 Å². The highest BCUT2D eigenvalue weighted by atomic mass is 31.2. The highest BCUT2D eigenvalue weighted by Crippen LogP contribution is 2.40. The summed E-state index contributed by atoms with van der Waals surface area (Å²) in [7, 11) is -4.66. The van der Waals surface area contributed by atoms with E-state index in [-0.39, 0.29) is 12.2 Å². The molecule has 10 nitrogen and oxygen atoms in total. The standard InChI is InChI=1S/C14H18N3O7P/c1-6-2-7(12-8(3-6)13(15)17-14(19)16-12)10-4-9(18)11(24-10)5-23-25(20,21)22/h2-3,9-11,18H,4-5H2,1H3,(H2,20,21,22)(H3,15,16,17,19)/t9-,10+,11+/m0/s1. The van der Waals surface area contributed by atoms with Gasteiger partial charge in [0.1, 0.15) is 11.9 Å². The van der Waals surface area contributed by atoms with Gasteiger partial charge in [-0.05, 0) is 18.6 Å². The zero-order chi connectivity index (χ0) is 18.4. The molecule has 1 aromatic heterocycles. The van der Waals surface area contributed by atoms with Crippen molar-refractivity contribution in [2.24, 2.45) is 0 Å². The number of H-pyrrole nitrogens is 1. The van der Waals surface area contributed by atoms with Crippen LogP contribution in [0.2, 0.25) is 0 Å². The van der Waals surface area contributed by atoms with Crippen LogP contribution in [-0.4, -0.2) is 43.7 Å². The number of nitrogen functional groups attached to an aromatic ring is 1. The van der Waals surface area contributed by atoms with Crippen LogP contribution in [0.15, 0.2) is 16.9 Å². The number of aromatic amines is 1. The van der Waals surface area contributed by atoms with E-state index in [1.807, 2.05) is 6.92 Å². The Bertz CT molecular complexity index is 909. The summed E-state index contributed by atoms with van der Waals surface area (Å²) in [4.78, 5) is 35.5. The van der Waals surface area contributed by atoms with Gasteiger partial charge < -0.3 is 30.3 Å². The van der Waals surface area contributed by atoms with Crippen molar-refractivity contribution in [2.45, 2.75) is 31.7 Å². The number of hydrogen-bond acceptors (Lipinski definition) is 7. The number of fused-ring (bicyclic) bond motifs is 1. The summed E-state index contributed by atoms with van der Waals surface area (Å²) >= 11 is 0. The summed E-state index contributed by atoms with van der Waals surface area (Å²) in [5.41, 5.74) is 7.14. The Kier molecular flexibility index (Phi) is 4.67. The number of ether oxygens (including phenoxy) is 1. The number of rotatable bonds is 4. The normalized spacial score (nSPS) is 24.1. The van der Waals surface area contributed by atoms with Crippen LogP contribution in [0.1, 0.15) is 23.7 Å². The van der Waals surface area contributed by atoms with Crippen molar-refractivity contribution in [3.8, 4) is 0 Å². The lowest BCUT2D eigenvalue weighted by atomic mass is 9.99. The number of aromatic nitrogens is 2. The van der Waals surface area contributed by atoms with E-state index in [1.165, 1.54) is 0 Å². The van der Waals surface area contributed by atoms with E-state index >= 15 is 0 Å². The number of aliphatic hydroxyl groups excluding tert-OH is 1. The summed E-state index contributed by atoms with van der Waals surface area (Å²) < 4.78 is 20.9. The topological polar surface area (TPSA) is 168 Å². The number of nitrogens with zero attached hydrogens (tertiary/aromatic N) is 1. The first kappa shape index (κ1) is 18.0. The zero-order valence-electron chi connectivity index (χ0n) is 13.2. The predicted molar refractivity (Wildman–Crippen MR) is 87.7 cm³/mol. The molecule has 1 aliphatic heterocycles. The maximum atomic E-state index is 11.7. The van der Waals surface area contributed by atoms with E-state index in [9.17, 15) is 14.5 Å². The minimum absolute atomic E-state index is 0.0867. The molecule has 1 fully saturated rings. The zero-order valence-corrected chi connectivity index (χ0v) is 14.1. The Morgan fingerprint density at radius 2 is 2.20 bits per heavy atom. The average Bonchev–Trinajstić information content (AvgIpc) is 2.85. The van der Waals surface area contributed by atoms with Crippen LogP contribution in [0.25, 0.3) is 10.9 Å². The molecule has 3 rings (SSSR count). The molecule has 0 saturated carbocycles. The third-order valence-corrected chi connectivity index (χ3v) is 4.51. The van der Waals surface area contributed by atoms with Crippen molar-refractivity contribution >= 4 is 24.5 Å². The Morgan fingerprint density at radius 3 is 2.88 bits per heavy atom. The molecule has 1 aliphatic rings. The smallest absolute Gasteiger partial charge is 0.390 e. The fourth-order valence-electron chi connectivity index (χ4n) is 2.96. The molecule has 2 heterocycles. The minimum atomic E-state index is -4.66. The lowest BCUT2D eigenvalue weighted by Gasteiger charge is -2.17. The second-order valence-corrected chi connectivity index (χ2v) is 7.20. The van der Waals surface area contributed by atoms with Crippen LogP contribution < -0.4 is 11.4 Å². The van der Waals surface area contributed by atoms with Gasteiger partial charge in [-0.15, -0.1) is 0 Å². The maximum absolute atomic E-state index is 11.7. The molecule has 2 aromatic rings. The van der Waals surface area contributed by atoms with Crippen LogP contribution >= 0.6 is 7.82 Å². The third-order valence-electron chi connectivity index (χ3n) is 4.02. The predicted octanol–water partition coefficient (Wildman–Crippen LogP) is 0.114. The van der Waals surface area contributed by atoms with Gasteiger partial charge in [-0.2, -0.15) is 4.98 Å². The minimum Gasteiger partial charge on any atom is -0.390 e. The Labute approximate surface area is 141 Å². The van der Waals surface area contributed by atoms with Gasteiger partial charge in [-0.3, -0.25) is 4.52 Å². The number of nitrogens with two attached hydrogens (primary N) is 1. The molecule has 0 bridgehead atoms. The van der Waals surface area contributed by atoms with Gasteiger partial charge in [-0.25, -0.2) is 9.36 Å². The Balaban J connectivity index is 1.95. The second kappa shape index (κ2) is 6.49. The average molecular weight is 371 g/mol. The van der Waals surface area contributed by atoms with E-state index in [0.29, 0.717) is 16.5 Å². The third kappa shape index (κ3) is 3.90. The van der Waals surface area contributed by atoms with Gasteiger partial charge in [0.05, 0.1) is 24.3 Å². The molecule has 0 radical (unpaired) electrons. The van der Waals surface area contributed by atoms with E-state index in [0.717, 1.165) is 5.56 Å². The highest BCUT2D eigenvalue weighted by molar-refractivity contribution is 7.46. The molecule has 0 unspecified atom stereocenters. The molecule has 1 aromatic carbocycles. The quantitative estimate of drug-likeness (QED) is 0.468. The van der Waals surface area contributed by atoms with Gasteiger partial charge in [0.25, 0.3) is 0 Å². The van der Waals surface area contributed by atoms with E-state index in [2.05, 4.69) is 14.5 Å². The fraction of sp³-hybridized carbons (Fsp3) is 0.429. The Hall–Kier alpha value is -1.81. The molecule has 0 aliphatic carbocycles. The van der Waals surface area contributed by atoms with Crippen molar-refractivity contribution in [1.29, 1.82) is 0 Å². The molecule has 136 valence electrons. The van der Waals surface area contributed by atoms with Gasteiger partial charge >= 0.3 is 13.5 Å². The molecule has 11 heteroatoms. The lowest BCUT2D eigenvalue weighted by molar-refractivity contribution is -0.0218.